The number of amides is 1. The van der Waals surface area contributed by atoms with E-state index >= 15 is 0 Å². The number of nitrogens with zero attached hydrogens (tertiary/aromatic N) is 2. The highest BCUT2D eigenvalue weighted by Gasteiger charge is 2.19. The molecule has 0 aromatic carbocycles. The van der Waals surface area contributed by atoms with Gasteiger partial charge in [-0.3, -0.25) is 4.79 Å². The van der Waals surface area contributed by atoms with Gasteiger partial charge >= 0.3 is 5.97 Å². The monoisotopic (exact) mass is 319 g/mol. The first-order valence-corrected chi connectivity index (χ1v) is 7.55. The van der Waals surface area contributed by atoms with E-state index in [0.29, 0.717) is 17.1 Å². The Hall–Kier alpha value is -2.33. The molecule has 1 amide bonds. The van der Waals surface area contributed by atoms with E-state index < -0.39 is 11.2 Å². The van der Waals surface area contributed by atoms with Crippen LogP contribution in [0.5, 0.6) is 0 Å². The van der Waals surface area contributed by atoms with Crippen molar-refractivity contribution >= 4 is 23.6 Å². The van der Waals surface area contributed by atoms with Gasteiger partial charge in [-0.15, -0.1) is 6.58 Å². The van der Waals surface area contributed by atoms with Gasteiger partial charge in [0.1, 0.15) is 16.8 Å². The quantitative estimate of drug-likeness (QED) is 0.469. The predicted octanol–water partition coefficient (Wildman–Crippen LogP) is 1.91. The summed E-state index contributed by atoms with van der Waals surface area (Å²) in [4.78, 5) is 27.7. The molecule has 0 aliphatic carbocycles. The summed E-state index contributed by atoms with van der Waals surface area (Å²) in [7, 11) is 0. The lowest BCUT2D eigenvalue weighted by Gasteiger charge is -2.12. The molecular formula is C15H17N3O3S. The zero-order valence-corrected chi connectivity index (χ0v) is 13.3. The van der Waals surface area contributed by atoms with Crippen LogP contribution in [0.25, 0.3) is 0 Å². The molecular weight excluding hydrogens is 302 g/mol. The highest BCUT2D eigenvalue weighted by Crippen LogP contribution is 2.25. The minimum absolute atomic E-state index is 0.113. The molecule has 1 rings (SSSR count). The lowest BCUT2D eigenvalue weighted by atomic mass is 10.2. The topological polar surface area (TPSA) is 92.1 Å². The van der Waals surface area contributed by atoms with Gasteiger partial charge in [-0.05, 0) is 26.0 Å². The molecule has 1 aromatic rings. The first kappa shape index (κ1) is 17.7. The van der Waals surface area contributed by atoms with Crippen LogP contribution in [0.15, 0.2) is 29.8 Å². The molecule has 0 fully saturated rings. The van der Waals surface area contributed by atoms with Crippen molar-refractivity contribution in [2.75, 3.05) is 13.2 Å². The minimum atomic E-state index is -0.558. The maximum absolute atomic E-state index is 11.8. The van der Waals surface area contributed by atoms with Crippen molar-refractivity contribution in [1.82, 2.24) is 10.3 Å². The molecule has 0 aliphatic rings. The maximum atomic E-state index is 11.8. The second-order valence-electron chi connectivity index (χ2n) is 4.18. The van der Waals surface area contributed by atoms with Gasteiger partial charge in [-0.2, -0.15) is 5.26 Å². The number of nitriles is 1. The van der Waals surface area contributed by atoms with E-state index in [1.54, 1.807) is 19.9 Å². The van der Waals surface area contributed by atoms with E-state index in [1.165, 1.54) is 12.1 Å². The third kappa shape index (κ3) is 4.90. The fourth-order valence-electron chi connectivity index (χ4n) is 1.47. The third-order valence-electron chi connectivity index (χ3n) is 2.54. The number of pyridine rings is 1. The molecule has 1 N–H and O–H groups in total. The molecule has 116 valence electrons. The Bertz CT molecular complexity index is 611. The summed E-state index contributed by atoms with van der Waals surface area (Å²) in [6.07, 6.45) is 1.58. The number of ether oxygens (including phenoxy) is 1. The molecule has 0 unspecified atom stereocenters. The number of aromatic nitrogens is 1. The zero-order valence-electron chi connectivity index (χ0n) is 12.5. The lowest BCUT2D eigenvalue weighted by molar-refractivity contribution is -0.120. The van der Waals surface area contributed by atoms with Crippen molar-refractivity contribution in [3.05, 3.63) is 36.0 Å². The summed E-state index contributed by atoms with van der Waals surface area (Å²) in [6, 6.07) is 4.93. The van der Waals surface area contributed by atoms with Gasteiger partial charge < -0.3 is 10.1 Å². The Morgan fingerprint density at radius 3 is 2.91 bits per heavy atom. The molecule has 0 bridgehead atoms. The molecule has 1 heterocycles. The molecule has 0 saturated carbocycles. The summed E-state index contributed by atoms with van der Waals surface area (Å²) in [5, 5.41) is 11.6. The highest BCUT2D eigenvalue weighted by atomic mass is 32.2. The van der Waals surface area contributed by atoms with E-state index in [2.05, 4.69) is 16.9 Å². The molecule has 0 aliphatic heterocycles. The summed E-state index contributed by atoms with van der Waals surface area (Å²) < 4.78 is 4.88. The number of carbonyl (C=O) groups is 2. The van der Waals surface area contributed by atoms with Crippen LogP contribution in [0.4, 0.5) is 0 Å². The Morgan fingerprint density at radius 1 is 1.59 bits per heavy atom. The average Bonchev–Trinajstić information content (AvgIpc) is 2.52. The van der Waals surface area contributed by atoms with Crippen molar-refractivity contribution in [3.63, 3.8) is 0 Å². The van der Waals surface area contributed by atoms with E-state index in [0.717, 1.165) is 11.8 Å². The summed E-state index contributed by atoms with van der Waals surface area (Å²) in [5.74, 6) is -0.755. The second-order valence-corrected chi connectivity index (χ2v) is 5.50. The summed E-state index contributed by atoms with van der Waals surface area (Å²) in [6.45, 7) is 7.52. The number of carbonyl (C=O) groups excluding carboxylic acids is 2. The Kier molecular flexibility index (Phi) is 7.13. The van der Waals surface area contributed by atoms with Crippen LogP contribution in [0.2, 0.25) is 0 Å². The van der Waals surface area contributed by atoms with E-state index in [1.807, 2.05) is 6.07 Å². The molecule has 0 radical (unpaired) electrons. The SMILES string of the molecule is C=CCNC(=O)[C@@H](C)Sc1nc(C(=O)OCC)ccc1C#N. The standard InChI is InChI=1S/C15H17N3O3S/c1-4-8-17-13(19)10(3)22-14-11(9-16)6-7-12(18-14)15(20)21-5-2/h4,6-7,10H,1,5,8H2,2-3H3,(H,17,19)/t10-/m1/s1. The van der Waals surface area contributed by atoms with Gasteiger partial charge in [-0.1, -0.05) is 17.8 Å². The largest absolute Gasteiger partial charge is 0.461 e. The molecule has 7 heteroatoms. The average molecular weight is 319 g/mol. The fraction of sp³-hybridized carbons (Fsp3) is 0.333. The predicted molar refractivity (Wildman–Crippen MR) is 83.4 cm³/mol. The maximum Gasteiger partial charge on any atom is 0.356 e. The Morgan fingerprint density at radius 2 is 2.32 bits per heavy atom. The number of nitrogens with one attached hydrogen (secondary N) is 1. The number of hydrogen-bond donors (Lipinski definition) is 1. The van der Waals surface area contributed by atoms with Crippen LogP contribution in [0.1, 0.15) is 29.9 Å². The van der Waals surface area contributed by atoms with Gasteiger partial charge in [0.2, 0.25) is 5.91 Å². The van der Waals surface area contributed by atoms with Crippen molar-refractivity contribution in [1.29, 1.82) is 5.26 Å². The van der Waals surface area contributed by atoms with Gasteiger partial charge in [-0.25, -0.2) is 9.78 Å². The Balaban J connectivity index is 2.94. The first-order chi connectivity index (χ1) is 10.5. The highest BCUT2D eigenvalue weighted by molar-refractivity contribution is 8.00. The molecule has 22 heavy (non-hydrogen) atoms. The van der Waals surface area contributed by atoms with Crippen LogP contribution < -0.4 is 5.32 Å². The molecule has 1 aromatic heterocycles. The zero-order chi connectivity index (χ0) is 16.5. The first-order valence-electron chi connectivity index (χ1n) is 6.67. The number of rotatable bonds is 7. The minimum Gasteiger partial charge on any atom is -0.461 e. The normalized spacial score (nSPS) is 11.1. The van der Waals surface area contributed by atoms with Crippen molar-refractivity contribution in [3.8, 4) is 6.07 Å². The van der Waals surface area contributed by atoms with Gasteiger partial charge in [0.25, 0.3) is 0 Å². The molecule has 0 spiro atoms. The number of thioether (sulfide) groups is 1. The Labute approximate surface area is 133 Å². The molecule has 1 atom stereocenters. The van der Waals surface area contributed by atoms with Crippen molar-refractivity contribution < 1.29 is 14.3 Å². The van der Waals surface area contributed by atoms with Crippen LogP contribution in [0, 0.1) is 11.3 Å². The van der Waals surface area contributed by atoms with Gasteiger partial charge in [0.05, 0.1) is 17.4 Å². The van der Waals surface area contributed by atoms with Crippen LogP contribution in [-0.4, -0.2) is 35.3 Å². The van der Waals surface area contributed by atoms with Crippen LogP contribution in [-0.2, 0) is 9.53 Å². The van der Waals surface area contributed by atoms with E-state index in [4.69, 9.17) is 10.00 Å². The third-order valence-corrected chi connectivity index (χ3v) is 3.65. The van der Waals surface area contributed by atoms with Crippen molar-refractivity contribution in [2.45, 2.75) is 24.1 Å². The van der Waals surface area contributed by atoms with Gasteiger partial charge in [0.15, 0.2) is 0 Å². The van der Waals surface area contributed by atoms with Crippen LogP contribution in [0.3, 0.4) is 0 Å². The lowest BCUT2D eigenvalue weighted by Crippen LogP contribution is -2.31. The molecule has 0 saturated heterocycles. The van der Waals surface area contributed by atoms with Crippen molar-refractivity contribution in [2.24, 2.45) is 0 Å². The van der Waals surface area contributed by atoms with E-state index in [-0.39, 0.29) is 18.2 Å². The summed E-state index contributed by atoms with van der Waals surface area (Å²) in [5.41, 5.74) is 0.420. The number of hydrogen-bond acceptors (Lipinski definition) is 6. The fourth-order valence-corrected chi connectivity index (χ4v) is 2.39. The van der Waals surface area contributed by atoms with Gasteiger partial charge in [0, 0.05) is 6.54 Å². The van der Waals surface area contributed by atoms with E-state index in [9.17, 15) is 9.59 Å². The number of esters is 1. The second kappa shape index (κ2) is 8.85. The van der Waals surface area contributed by atoms with Crippen LogP contribution >= 0.6 is 11.8 Å². The molecule has 6 nitrogen and oxygen atoms in total. The summed E-state index contributed by atoms with van der Waals surface area (Å²) >= 11 is 1.12. The smallest absolute Gasteiger partial charge is 0.356 e.